The third kappa shape index (κ3) is 2.29. The number of nitrogens with zero attached hydrogens (tertiary/aromatic N) is 7. The Labute approximate surface area is 128 Å². The van der Waals surface area contributed by atoms with Gasteiger partial charge in [-0.1, -0.05) is 30.3 Å². The van der Waals surface area contributed by atoms with Gasteiger partial charge >= 0.3 is 0 Å². The van der Waals surface area contributed by atoms with Crippen LogP contribution < -0.4 is 4.90 Å². The van der Waals surface area contributed by atoms with Gasteiger partial charge in [-0.2, -0.15) is 0 Å². The van der Waals surface area contributed by atoms with Gasteiger partial charge in [0, 0.05) is 19.6 Å². The van der Waals surface area contributed by atoms with Crippen molar-refractivity contribution >= 4 is 11.5 Å². The van der Waals surface area contributed by atoms with Crippen molar-refractivity contribution in [3.05, 3.63) is 48.0 Å². The summed E-state index contributed by atoms with van der Waals surface area (Å²) in [5.74, 6) is 0.904. The highest BCUT2D eigenvalue weighted by Gasteiger charge is 2.27. The lowest BCUT2D eigenvalue weighted by Crippen LogP contribution is -2.47. The van der Waals surface area contributed by atoms with Crippen LogP contribution in [0.2, 0.25) is 0 Å². The van der Waals surface area contributed by atoms with Crippen LogP contribution in [0.5, 0.6) is 0 Å². The second-order valence-electron chi connectivity index (χ2n) is 5.60. The monoisotopic (exact) mass is 295 g/mol. The Morgan fingerprint density at radius 3 is 2.77 bits per heavy atom. The third-order valence-corrected chi connectivity index (χ3v) is 4.12. The molecule has 0 spiro atoms. The van der Waals surface area contributed by atoms with Gasteiger partial charge < -0.3 is 9.80 Å². The molecular weight excluding hydrogens is 278 g/mol. The number of aromatic nitrogens is 5. The summed E-state index contributed by atoms with van der Waals surface area (Å²) < 4.78 is 1.48. The van der Waals surface area contributed by atoms with Crippen LogP contribution in [0.25, 0.3) is 5.65 Å². The fourth-order valence-corrected chi connectivity index (χ4v) is 2.95. The highest BCUT2D eigenvalue weighted by molar-refractivity contribution is 5.47. The Balaban J connectivity index is 1.73. The molecule has 7 heteroatoms. The predicted octanol–water partition coefficient (Wildman–Crippen LogP) is 1.01. The lowest BCUT2D eigenvalue weighted by atomic mass is 10.0. The molecule has 0 saturated carbocycles. The highest BCUT2D eigenvalue weighted by atomic mass is 15.6. The molecule has 1 fully saturated rings. The molecule has 0 N–H and O–H groups in total. The fourth-order valence-electron chi connectivity index (χ4n) is 2.95. The second kappa shape index (κ2) is 5.34. The predicted molar refractivity (Wildman–Crippen MR) is 82.6 cm³/mol. The van der Waals surface area contributed by atoms with Crippen molar-refractivity contribution in [2.24, 2.45) is 0 Å². The van der Waals surface area contributed by atoms with Crippen molar-refractivity contribution in [2.75, 3.05) is 31.6 Å². The summed E-state index contributed by atoms with van der Waals surface area (Å²) in [6.45, 7) is 2.91. The molecule has 112 valence electrons. The van der Waals surface area contributed by atoms with Crippen molar-refractivity contribution in [2.45, 2.75) is 6.04 Å². The number of anilines is 1. The molecule has 3 aromatic rings. The highest BCUT2D eigenvalue weighted by Crippen LogP contribution is 2.28. The Hall–Kier alpha value is -2.54. The van der Waals surface area contributed by atoms with Gasteiger partial charge in [-0.05, 0) is 35.2 Å². The molecule has 1 aliphatic heterocycles. The average molecular weight is 295 g/mol. The van der Waals surface area contributed by atoms with E-state index in [-0.39, 0.29) is 6.04 Å². The number of tetrazole rings is 1. The van der Waals surface area contributed by atoms with Crippen LogP contribution in [0.1, 0.15) is 11.6 Å². The Kier molecular flexibility index (Phi) is 3.19. The van der Waals surface area contributed by atoms with Gasteiger partial charge in [-0.3, -0.25) is 0 Å². The van der Waals surface area contributed by atoms with E-state index in [1.807, 2.05) is 18.2 Å². The number of benzene rings is 1. The summed E-state index contributed by atoms with van der Waals surface area (Å²) in [7, 11) is 2.16. The topological polar surface area (TPSA) is 62.5 Å². The maximum absolute atomic E-state index is 4.55. The van der Waals surface area contributed by atoms with Gasteiger partial charge in [-0.15, -0.1) is 14.8 Å². The van der Waals surface area contributed by atoms with Crippen molar-refractivity contribution in [1.29, 1.82) is 0 Å². The zero-order valence-corrected chi connectivity index (χ0v) is 12.4. The summed E-state index contributed by atoms with van der Waals surface area (Å²) in [5, 5.41) is 16.0. The largest absolute Gasteiger partial charge is 0.346 e. The first-order valence-electron chi connectivity index (χ1n) is 7.37. The molecule has 1 atom stereocenters. The first-order valence-corrected chi connectivity index (χ1v) is 7.37. The summed E-state index contributed by atoms with van der Waals surface area (Å²) in [6, 6.07) is 14.7. The molecule has 3 heterocycles. The van der Waals surface area contributed by atoms with Gasteiger partial charge in [0.1, 0.15) is 0 Å². The zero-order valence-electron chi connectivity index (χ0n) is 12.4. The molecule has 1 saturated heterocycles. The Bertz CT molecular complexity index is 770. The average Bonchev–Trinajstić information content (AvgIpc) is 3.03. The van der Waals surface area contributed by atoms with Crippen LogP contribution in [0.4, 0.5) is 5.82 Å². The van der Waals surface area contributed by atoms with Gasteiger partial charge in [0.2, 0.25) is 0 Å². The standard InChI is InChI=1S/C15H17N7/c1-20-9-10-21(13(11-20)12-5-3-2-4-6-12)15-8-7-14-16-18-19-22(14)17-15/h2-8,13H,9-11H2,1H3/t13-/m1/s1. The fraction of sp³-hybridized carbons (Fsp3) is 0.333. The van der Waals surface area contributed by atoms with Crippen LogP contribution in [-0.4, -0.2) is 56.8 Å². The Morgan fingerprint density at radius 2 is 1.91 bits per heavy atom. The number of fused-ring (bicyclic) bond motifs is 1. The Morgan fingerprint density at radius 1 is 1.05 bits per heavy atom. The lowest BCUT2D eigenvalue weighted by Gasteiger charge is -2.40. The van der Waals surface area contributed by atoms with Crippen LogP contribution in [0, 0.1) is 0 Å². The van der Waals surface area contributed by atoms with Gasteiger partial charge in [0.25, 0.3) is 0 Å². The summed E-state index contributed by atoms with van der Waals surface area (Å²) in [5.41, 5.74) is 1.96. The van der Waals surface area contributed by atoms with E-state index in [9.17, 15) is 0 Å². The first kappa shape index (κ1) is 13.1. The number of hydrogen-bond acceptors (Lipinski definition) is 6. The van der Waals surface area contributed by atoms with Gasteiger partial charge in [0.15, 0.2) is 11.5 Å². The number of hydrogen-bond donors (Lipinski definition) is 0. The van der Waals surface area contributed by atoms with E-state index in [4.69, 9.17) is 0 Å². The zero-order chi connectivity index (χ0) is 14.9. The maximum atomic E-state index is 4.55. The minimum absolute atomic E-state index is 0.279. The van der Waals surface area contributed by atoms with E-state index in [1.54, 1.807) is 0 Å². The molecule has 4 rings (SSSR count). The van der Waals surface area contributed by atoms with Crippen molar-refractivity contribution in [3.63, 3.8) is 0 Å². The van der Waals surface area contributed by atoms with Crippen molar-refractivity contribution < 1.29 is 0 Å². The van der Waals surface area contributed by atoms with Gasteiger partial charge in [0.05, 0.1) is 6.04 Å². The normalized spacial score (nSPS) is 19.7. The van der Waals surface area contributed by atoms with Crippen LogP contribution in [0.15, 0.2) is 42.5 Å². The van der Waals surface area contributed by atoms with Gasteiger partial charge in [-0.25, -0.2) is 0 Å². The van der Waals surface area contributed by atoms with E-state index in [1.165, 1.54) is 10.2 Å². The molecule has 1 aliphatic rings. The molecule has 0 amide bonds. The summed E-state index contributed by atoms with van der Waals surface area (Å²) in [4.78, 5) is 4.68. The first-order chi connectivity index (χ1) is 10.8. The molecule has 7 nitrogen and oxygen atoms in total. The molecule has 0 unspecified atom stereocenters. The molecule has 2 aromatic heterocycles. The van der Waals surface area contributed by atoms with Crippen LogP contribution in [0.3, 0.4) is 0 Å². The maximum Gasteiger partial charge on any atom is 0.200 e. The minimum Gasteiger partial charge on any atom is -0.346 e. The summed E-state index contributed by atoms with van der Waals surface area (Å²) in [6.07, 6.45) is 0. The molecule has 22 heavy (non-hydrogen) atoms. The van der Waals surface area contributed by atoms with Crippen molar-refractivity contribution in [1.82, 2.24) is 30.2 Å². The molecule has 0 aliphatic carbocycles. The quantitative estimate of drug-likeness (QED) is 0.703. The lowest BCUT2D eigenvalue weighted by molar-refractivity contribution is 0.267. The minimum atomic E-state index is 0.279. The summed E-state index contributed by atoms with van der Waals surface area (Å²) >= 11 is 0. The number of piperazine rings is 1. The molecule has 0 radical (unpaired) electrons. The third-order valence-electron chi connectivity index (χ3n) is 4.12. The number of rotatable bonds is 2. The van der Waals surface area contributed by atoms with E-state index in [0.717, 1.165) is 25.5 Å². The van der Waals surface area contributed by atoms with E-state index < -0.39 is 0 Å². The SMILES string of the molecule is CN1CCN(c2ccc3nnnn3n2)[C@@H](c2ccccc2)C1. The van der Waals surface area contributed by atoms with Crippen molar-refractivity contribution in [3.8, 4) is 0 Å². The molecule has 1 aromatic carbocycles. The molecular formula is C15H17N7. The molecule has 0 bridgehead atoms. The van der Waals surface area contributed by atoms with E-state index in [0.29, 0.717) is 5.65 Å². The second-order valence-corrected chi connectivity index (χ2v) is 5.60. The van der Waals surface area contributed by atoms with Crippen LogP contribution >= 0.6 is 0 Å². The number of likely N-dealkylation sites (N-methyl/N-ethyl adjacent to an activating group) is 1. The van der Waals surface area contributed by atoms with Crippen LogP contribution in [-0.2, 0) is 0 Å². The van der Waals surface area contributed by atoms with E-state index in [2.05, 4.69) is 61.7 Å². The smallest absolute Gasteiger partial charge is 0.200 e. The van der Waals surface area contributed by atoms with E-state index >= 15 is 0 Å².